The van der Waals surface area contributed by atoms with Gasteiger partial charge in [-0.25, -0.2) is 9.59 Å². The molecule has 1 aromatic rings. The van der Waals surface area contributed by atoms with Gasteiger partial charge in [0.05, 0.1) is 6.10 Å². The van der Waals surface area contributed by atoms with Crippen LogP contribution in [-0.2, 0) is 20.9 Å². The molecule has 1 heterocycles. The Labute approximate surface area is 207 Å². The SMILES string of the molecule is CCC(O)[C@@H]1C[C@H](NC(=O)OC(C)(C)C)CC[C@@H]1N1CC[C@H](NC(=O)OCc2ccccc2)C1=O. The van der Waals surface area contributed by atoms with Crippen LogP contribution in [-0.4, -0.2) is 64.5 Å². The van der Waals surface area contributed by atoms with Crippen molar-refractivity contribution in [1.29, 1.82) is 0 Å². The van der Waals surface area contributed by atoms with E-state index in [1.54, 1.807) is 4.90 Å². The summed E-state index contributed by atoms with van der Waals surface area (Å²) in [4.78, 5) is 39.5. The van der Waals surface area contributed by atoms with Crippen LogP contribution in [0.25, 0.3) is 0 Å². The number of likely N-dealkylation sites (tertiary alicyclic amines) is 1. The molecule has 1 aromatic carbocycles. The number of carbonyl (C=O) groups is 3. The van der Waals surface area contributed by atoms with E-state index in [-0.39, 0.29) is 30.5 Å². The number of nitrogens with zero attached hydrogens (tertiary/aromatic N) is 1. The fourth-order valence-corrected chi connectivity index (χ4v) is 4.97. The third kappa shape index (κ3) is 7.59. The molecule has 1 aliphatic heterocycles. The first-order chi connectivity index (χ1) is 16.6. The van der Waals surface area contributed by atoms with Crippen LogP contribution in [0.4, 0.5) is 9.59 Å². The number of hydrogen-bond acceptors (Lipinski definition) is 6. The summed E-state index contributed by atoms with van der Waals surface area (Å²) < 4.78 is 10.6. The van der Waals surface area contributed by atoms with E-state index in [1.807, 2.05) is 58.0 Å². The number of amides is 3. The Morgan fingerprint density at radius 2 is 1.83 bits per heavy atom. The Bertz CT molecular complexity index is 872. The van der Waals surface area contributed by atoms with Crippen molar-refractivity contribution in [2.24, 2.45) is 5.92 Å². The van der Waals surface area contributed by atoms with E-state index < -0.39 is 29.9 Å². The molecule has 0 spiro atoms. The van der Waals surface area contributed by atoms with E-state index in [4.69, 9.17) is 9.47 Å². The first kappa shape index (κ1) is 26.8. The number of rotatable bonds is 7. The molecule has 1 unspecified atom stereocenters. The number of alkyl carbamates (subject to hydrolysis) is 2. The van der Waals surface area contributed by atoms with Crippen molar-refractivity contribution in [2.75, 3.05) is 6.54 Å². The minimum Gasteiger partial charge on any atom is -0.445 e. The fourth-order valence-electron chi connectivity index (χ4n) is 4.97. The van der Waals surface area contributed by atoms with Crippen molar-refractivity contribution in [3.8, 4) is 0 Å². The lowest BCUT2D eigenvalue weighted by Crippen LogP contribution is -2.54. The van der Waals surface area contributed by atoms with E-state index in [0.717, 1.165) is 5.56 Å². The largest absolute Gasteiger partial charge is 0.445 e. The molecule has 35 heavy (non-hydrogen) atoms. The maximum absolute atomic E-state index is 13.2. The van der Waals surface area contributed by atoms with Crippen LogP contribution in [0.3, 0.4) is 0 Å². The van der Waals surface area contributed by atoms with Gasteiger partial charge in [0.2, 0.25) is 5.91 Å². The zero-order valence-electron chi connectivity index (χ0n) is 21.2. The molecule has 194 valence electrons. The summed E-state index contributed by atoms with van der Waals surface area (Å²) in [7, 11) is 0. The second kappa shape index (κ2) is 11.7. The number of aliphatic hydroxyl groups excluding tert-OH is 1. The Hall–Kier alpha value is -2.81. The first-order valence-corrected chi connectivity index (χ1v) is 12.5. The Kier molecular flexibility index (Phi) is 8.99. The average molecular weight is 490 g/mol. The standard InChI is InChI=1S/C26H39N3O6/c1-5-22(30)19-15-18(27-25(33)35-26(2,3)4)11-12-21(19)29-14-13-20(23(29)31)28-24(32)34-16-17-9-7-6-8-10-17/h6-10,18-22,30H,5,11-16H2,1-4H3,(H,27,33)(H,28,32)/t18-,19-,20+,21+,22?/m1/s1. The molecule has 5 atom stereocenters. The van der Waals surface area contributed by atoms with E-state index in [1.165, 1.54) is 0 Å². The monoisotopic (exact) mass is 489 g/mol. The van der Waals surface area contributed by atoms with E-state index >= 15 is 0 Å². The number of aliphatic hydroxyl groups is 1. The predicted octanol–water partition coefficient (Wildman–Crippen LogP) is 3.35. The molecule has 2 fully saturated rings. The van der Waals surface area contributed by atoms with Crippen LogP contribution in [0.1, 0.15) is 65.4 Å². The lowest BCUT2D eigenvalue weighted by atomic mass is 9.77. The molecular formula is C26H39N3O6. The molecule has 3 rings (SSSR count). The van der Waals surface area contributed by atoms with Gasteiger partial charge in [0.1, 0.15) is 18.2 Å². The molecule has 1 saturated carbocycles. The molecule has 2 aliphatic rings. The number of benzene rings is 1. The molecular weight excluding hydrogens is 450 g/mol. The maximum atomic E-state index is 13.2. The Morgan fingerprint density at radius 3 is 2.49 bits per heavy atom. The van der Waals surface area contributed by atoms with Crippen molar-refractivity contribution in [1.82, 2.24) is 15.5 Å². The minimum atomic E-state index is -0.643. The van der Waals surface area contributed by atoms with Gasteiger partial charge in [-0.2, -0.15) is 0 Å². The molecule has 0 aromatic heterocycles. The summed E-state index contributed by atoms with van der Waals surface area (Å²) in [5.74, 6) is -0.333. The molecule has 9 nitrogen and oxygen atoms in total. The van der Waals surface area contributed by atoms with Crippen LogP contribution in [0.5, 0.6) is 0 Å². The van der Waals surface area contributed by atoms with Crippen molar-refractivity contribution >= 4 is 18.1 Å². The highest BCUT2D eigenvalue weighted by molar-refractivity contribution is 5.87. The normalized spacial score (nSPS) is 25.6. The molecule has 0 bridgehead atoms. The summed E-state index contributed by atoms with van der Waals surface area (Å²) in [5, 5.41) is 16.4. The van der Waals surface area contributed by atoms with Gasteiger partial charge in [-0.05, 0) is 58.4 Å². The number of hydrogen-bond donors (Lipinski definition) is 3. The highest BCUT2D eigenvalue weighted by Crippen LogP contribution is 2.34. The third-order valence-electron chi connectivity index (χ3n) is 6.64. The predicted molar refractivity (Wildman–Crippen MR) is 130 cm³/mol. The summed E-state index contributed by atoms with van der Waals surface area (Å²) in [6, 6.07) is 8.43. The second-order valence-corrected chi connectivity index (χ2v) is 10.4. The van der Waals surface area contributed by atoms with E-state index in [9.17, 15) is 19.5 Å². The molecule has 9 heteroatoms. The van der Waals surface area contributed by atoms with Gasteiger partial charge in [-0.1, -0.05) is 37.3 Å². The van der Waals surface area contributed by atoms with Crippen LogP contribution in [0.15, 0.2) is 30.3 Å². The summed E-state index contributed by atoms with van der Waals surface area (Å²) in [6.45, 7) is 7.99. The lowest BCUT2D eigenvalue weighted by Gasteiger charge is -2.43. The van der Waals surface area contributed by atoms with Crippen molar-refractivity contribution < 1.29 is 29.0 Å². The lowest BCUT2D eigenvalue weighted by molar-refractivity contribution is -0.134. The van der Waals surface area contributed by atoms with Gasteiger partial charge >= 0.3 is 12.2 Å². The maximum Gasteiger partial charge on any atom is 0.408 e. The number of nitrogens with one attached hydrogen (secondary N) is 2. The fraction of sp³-hybridized carbons (Fsp3) is 0.654. The van der Waals surface area contributed by atoms with Gasteiger partial charge in [0.25, 0.3) is 0 Å². The van der Waals surface area contributed by atoms with Gasteiger partial charge < -0.3 is 30.1 Å². The Morgan fingerprint density at radius 1 is 1.11 bits per heavy atom. The van der Waals surface area contributed by atoms with Crippen LogP contribution in [0, 0.1) is 5.92 Å². The van der Waals surface area contributed by atoms with Gasteiger partial charge in [-0.3, -0.25) is 4.79 Å². The second-order valence-electron chi connectivity index (χ2n) is 10.4. The first-order valence-electron chi connectivity index (χ1n) is 12.5. The number of carbonyl (C=O) groups excluding carboxylic acids is 3. The zero-order valence-corrected chi connectivity index (χ0v) is 21.2. The third-order valence-corrected chi connectivity index (χ3v) is 6.64. The highest BCUT2D eigenvalue weighted by Gasteiger charge is 2.44. The minimum absolute atomic E-state index is 0.133. The smallest absolute Gasteiger partial charge is 0.408 e. The molecule has 0 radical (unpaired) electrons. The average Bonchev–Trinajstić information content (AvgIpc) is 3.16. The van der Waals surface area contributed by atoms with E-state index in [2.05, 4.69) is 10.6 Å². The van der Waals surface area contributed by atoms with Gasteiger partial charge in [0, 0.05) is 24.5 Å². The van der Waals surface area contributed by atoms with Crippen molar-refractivity contribution in [3.63, 3.8) is 0 Å². The van der Waals surface area contributed by atoms with Crippen LogP contribution >= 0.6 is 0 Å². The molecule has 3 amide bonds. The zero-order chi connectivity index (χ0) is 25.6. The van der Waals surface area contributed by atoms with Crippen LogP contribution in [0.2, 0.25) is 0 Å². The molecule has 1 saturated heterocycles. The van der Waals surface area contributed by atoms with Gasteiger partial charge in [-0.15, -0.1) is 0 Å². The molecule has 1 aliphatic carbocycles. The summed E-state index contributed by atoms with van der Waals surface area (Å²) in [5.41, 5.74) is 0.283. The molecule has 3 N–H and O–H groups in total. The quantitative estimate of drug-likeness (QED) is 0.541. The van der Waals surface area contributed by atoms with Gasteiger partial charge in [0.15, 0.2) is 0 Å². The van der Waals surface area contributed by atoms with E-state index in [0.29, 0.717) is 38.6 Å². The topological polar surface area (TPSA) is 117 Å². The number of ether oxygens (including phenoxy) is 2. The Balaban J connectivity index is 1.56. The highest BCUT2D eigenvalue weighted by atomic mass is 16.6. The summed E-state index contributed by atoms with van der Waals surface area (Å²) in [6.07, 6.45) is 1.24. The van der Waals surface area contributed by atoms with Crippen LogP contribution < -0.4 is 10.6 Å². The van der Waals surface area contributed by atoms with Crippen molar-refractivity contribution in [2.45, 2.75) is 96.2 Å². The summed E-state index contributed by atoms with van der Waals surface area (Å²) >= 11 is 0. The van der Waals surface area contributed by atoms with Crippen molar-refractivity contribution in [3.05, 3.63) is 35.9 Å².